The Bertz CT molecular complexity index is 299. The molecule has 2 fully saturated rings. The monoisotopic (exact) mass is 240 g/mol. The zero-order chi connectivity index (χ0) is 11.6. The maximum absolute atomic E-state index is 12.0. The summed E-state index contributed by atoms with van der Waals surface area (Å²) in [6, 6.07) is 0. The lowest BCUT2D eigenvalue weighted by Crippen LogP contribution is -2.41. The van der Waals surface area contributed by atoms with Crippen molar-refractivity contribution in [1.29, 1.82) is 0 Å². The molecular formula is C13H20O2S. The summed E-state index contributed by atoms with van der Waals surface area (Å²) in [5.41, 5.74) is 1.13. The number of hydrogen-bond acceptors (Lipinski definition) is 3. The summed E-state index contributed by atoms with van der Waals surface area (Å²) in [4.78, 5) is 12.0. The molecule has 3 heteroatoms. The first-order valence-corrected chi connectivity index (χ1v) is 7.17. The van der Waals surface area contributed by atoms with Gasteiger partial charge in [0.1, 0.15) is 0 Å². The highest BCUT2D eigenvalue weighted by molar-refractivity contribution is 7.99. The Kier molecular flexibility index (Phi) is 3.75. The molecule has 2 unspecified atom stereocenters. The summed E-state index contributed by atoms with van der Waals surface area (Å²) in [5.74, 6) is 2.76. The normalized spacial score (nSPS) is 34.0. The number of ketones is 1. The fraction of sp³-hybridized carbons (Fsp3) is 0.769. The molecule has 0 bridgehead atoms. The second-order valence-corrected chi connectivity index (χ2v) is 6.25. The summed E-state index contributed by atoms with van der Waals surface area (Å²) in [6.45, 7) is 4.73. The largest absolute Gasteiger partial charge is 0.374 e. The number of carbonyl (C=O) groups excluding carboxylic acids is 1. The Labute approximate surface area is 102 Å². The fourth-order valence-corrected chi connectivity index (χ4v) is 3.91. The number of allylic oxidation sites excluding steroid dienone is 2. The van der Waals surface area contributed by atoms with E-state index in [1.165, 1.54) is 5.75 Å². The number of thioether (sulfide) groups is 1. The van der Waals surface area contributed by atoms with Crippen molar-refractivity contribution in [1.82, 2.24) is 0 Å². The molecule has 0 aromatic carbocycles. The quantitative estimate of drug-likeness (QED) is 0.694. The Morgan fingerprint density at radius 2 is 2.31 bits per heavy atom. The molecule has 2 rings (SSSR count). The van der Waals surface area contributed by atoms with Gasteiger partial charge in [-0.25, -0.2) is 0 Å². The SMILES string of the molecule is CC(C)=CC(=O)C1CCOC2(CCSC2)C1. The first kappa shape index (κ1) is 12.2. The van der Waals surface area contributed by atoms with Crippen molar-refractivity contribution in [3.8, 4) is 0 Å². The zero-order valence-electron chi connectivity index (χ0n) is 10.1. The molecule has 0 aromatic heterocycles. The molecule has 0 aliphatic carbocycles. The van der Waals surface area contributed by atoms with Crippen LogP contribution in [0.1, 0.15) is 33.1 Å². The summed E-state index contributed by atoms with van der Waals surface area (Å²) >= 11 is 1.96. The van der Waals surface area contributed by atoms with E-state index in [4.69, 9.17) is 4.74 Å². The molecule has 1 spiro atoms. The number of ether oxygens (including phenoxy) is 1. The third kappa shape index (κ3) is 2.69. The predicted molar refractivity (Wildman–Crippen MR) is 67.8 cm³/mol. The Morgan fingerprint density at radius 3 is 2.94 bits per heavy atom. The molecule has 2 aliphatic rings. The molecule has 2 saturated heterocycles. The smallest absolute Gasteiger partial charge is 0.158 e. The zero-order valence-corrected chi connectivity index (χ0v) is 10.9. The average molecular weight is 240 g/mol. The van der Waals surface area contributed by atoms with E-state index in [0.717, 1.165) is 37.2 Å². The van der Waals surface area contributed by atoms with Gasteiger partial charge in [0.2, 0.25) is 0 Å². The van der Waals surface area contributed by atoms with Gasteiger partial charge in [-0.15, -0.1) is 0 Å². The van der Waals surface area contributed by atoms with Gasteiger partial charge in [-0.3, -0.25) is 4.79 Å². The maximum Gasteiger partial charge on any atom is 0.158 e. The standard InChI is InChI=1S/C13H20O2S/c1-10(2)7-12(14)11-3-5-15-13(8-11)4-6-16-9-13/h7,11H,3-6,8-9H2,1-2H3. The topological polar surface area (TPSA) is 26.3 Å². The van der Waals surface area contributed by atoms with Crippen LogP contribution < -0.4 is 0 Å². The molecule has 2 nitrogen and oxygen atoms in total. The lowest BCUT2D eigenvalue weighted by atomic mass is 9.82. The van der Waals surface area contributed by atoms with E-state index in [2.05, 4.69) is 0 Å². The van der Waals surface area contributed by atoms with Crippen molar-refractivity contribution in [3.05, 3.63) is 11.6 Å². The van der Waals surface area contributed by atoms with Crippen molar-refractivity contribution in [3.63, 3.8) is 0 Å². The van der Waals surface area contributed by atoms with E-state index in [0.29, 0.717) is 5.78 Å². The minimum absolute atomic E-state index is 0.0265. The van der Waals surface area contributed by atoms with Gasteiger partial charge in [0.15, 0.2) is 5.78 Å². The van der Waals surface area contributed by atoms with Crippen LogP contribution in [0.2, 0.25) is 0 Å². The second-order valence-electron chi connectivity index (χ2n) is 5.15. The van der Waals surface area contributed by atoms with Crippen LogP contribution in [-0.4, -0.2) is 29.5 Å². The molecule has 0 saturated carbocycles. The molecule has 2 aliphatic heterocycles. The Balaban J connectivity index is 2.01. The molecule has 90 valence electrons. The number of carbonyl (C=O) groups is 1. The van der Waals surface area contributed by atoms with Crippen LogP contribution in [0.3, 0.4) is 0 Å². The van der Waals surface area contributed by atoms with E-state index in [9.17, 15) is 4.79 Å². The summed E-state index contributed by atoms with van der Waals surface area (Å²) < 4.78 is 5.92. The van der Waals surface area contributed by atoms with Crippen LogP contribution in [0.15, 0.2) is 11.6 Å². The molecule has 0 N–H and O–H groups in total. The van der Waals surface area contributed by atoms with Crippen molar-refractivity contribution in [2.24, 2.45) is 5.92 Å². The van der Waals surface area contributed by atoms with Crippen molar-refractivity contribution in [2.45, 2.75) is 38.7 Å². The van der Waals surface area contributed by atoms with Gasteiger partial charge in [-0.1, -0.05) is 5.57 Å². The number of hydrogen-bond donors (Lipinski definition) is 0. The molecule has 2 atom stereocenters. The van der Waals surface area contributed by atoms with E-state index < -0.39 is 0 Å². The Morgan fingerprint density at radius 1 is 1.50 bits per heavy atom. The molecule has 0 amide bonds. The molecule has 16 heavy (non-hydrogen) atoms. The van der Waals surface area contributed by atoms with Crippen LogP contribution in [0.5, 0.6) is 0 Å². The average Bonchev–Trinajstić information content (AvgIpc) is 2.65. The lowest BCUT2D eigenvalue weighted by molar-refractivity contribution is -0.129. The van der Waals surface area contributed by atoms with E-state index in [1.807, 2.05) is 25.6 Å². The number of rotatable bonds is 2. The molecular weight excluding hydrogens is 220 g/mol. The van der Waals surface area contributed by atoms with Crippen molar-refractivity contribution in [2.75, 3.05) is 18.1 Å². The van der Waals surface area contributed by atoms with Crippen LogP contribution >= 0.6 is 11.8 Å². The lowest BCUT2D eigenvalue weighted by Gasteiger charge is -2.36. The summed E-state index contributed by atoms with van der Waals surface area (Å²) in [6.07, 6.45) is 4.75. The summed E-state index contributed by atoms with van der Waals surface area (Å²) in [7, 11) is 0. The van der Waals surface area contributed by atoms with E-state index >= 15 is 0 Å². The van der Waals surface area contributed by atoms with E-state index in [-0.39, 0.29) is 11.5 Å². The minimum atomic E-state index is 0.0265. The van der Waals surface area contributed by atoms with Gasteiger partial charge in [-0.2, -0.15) is 11.8 Å². The van der Waals surface area contributed by atoms with Gasteiger partial charge in [0.25, 0.3) is 0 Å². The van der Waals surface area contributed by atoms with Crippen LogP contribution in [-0.2, 0) is 9.53 Å². The summed E-state index contributed by atoms with van der Waals surface area (Å²) in [5, 5.41) is 0. The fourth-order valence-electron chi connectivity index (χ4n) is 2.54. The highest BCUT2D eigenvalue weighted by Crippen LogP contribution is 2.40. The first-order valence-electron chi connectivity index (χ1n) is 6.02. The highest BCUT2D eigenvalue weighted by Gasteiger charge is 2.41. The highest BCUT2D eigenvalue weighted by atomic mass is 32.2. The third-order valence-corrected chi connectivity index (χ3v) is 4.62. The third-order valence-electron chi connectivity index (χ3n) is 3.39. The predicted octanol–water partition coefficient (Wildman–Crippen LogP) is 2.82. The van der Waals surface area contributed by atoms with Gasteiger partial charge in [0, 0.05) is 18.3 Å². The van der Waals surface area contributed by atoms with E-state index in [1.54, 1.807) is 6.08 Å². The second kappa shape index (κ2) is 4.92. The maximum atomic E-state index is 12.0. The first-order chi connectivity index (χ1) is 7.61. The van der Waals surface area contributed by atoms with Crippen molar-refractivity contribution < 1.29 is 9.53 Å². The van der Waals surface area contributed by atoms with Gasteiger partial charge >= 0.3 is 0 Å². The van der Waals surface area contributed by atoms with Crippen LogP contribution in [0, 0.1) is 5.92 Å². The molecule has 0 aromatic rings. The van der Waals surface area contributed by atoms with Crippen LogP contribution in [0.4, 0.5) is 0 Å². The van der Waals surface area contributed by atoms with Gasteiger partial charge in [-0.05, 0) is 44.9 Å². The van der Waals surface area contributed by atoms with Gasteiger partial charge < -0.3 is 4.74 Å². The Hall–Kier alpha value is -0.280. The molecule has 0 radical (unpaired) electrons. The van der Waals surface area contributed by atoms with Crippen molar-refractivity contribution >= 4 is 17.5 Å². The van der Waals surface area contributed by atoms with Gasteiger partial charge in [0.05, 0.1) is 5.60 Å². The van der Waals surface area contributed by atoms with Crippen LogP contribution in [0.25, 0.3) is 0 Å². The molecule has 2 heterocycles. The minimum Gasteiger partial charge on any atom is -0.374 e.